The molecule has 98 valence electrons. The molecule has 3 heterocycles. The predicted octanol–water partition coefficient (Wildman–Crippen LogP) is 2.19. The Kier molecular flexibility index (Phi) is 3.59. The Balaban J connectivity index is 1.61. The third-order valence-electron chi connectivity index (χ3n) is 3.33. The van der Waals surface area contributed by atoms with Gasteiger partial charge in [0.05, 0.1) is 12.1 Å². The summed E-state index contributed by atoms with van der Waals surface area (Å²) < 4.78 is 5.43. The summed E-state index contributed by atoms with van der Waals surface area (Å²) in [5, 5.41) is 7.83. The summed E-state index contributed by atoms with van der Waals surface area (Å²) in [6, 6.07) is 0. The van der Waals surface area contributed by atoms with E-state index in [-0.39, 0.29) is 5.54 Å². The maximum Gasteiger partial charge on any atom is 0.157 e. The summed E-state index contributed by atoms with van der Waals surface area (Å²) in [6.07, 6.45) is 2.19. The third-order valence-corrected chi connectivity index (χ3v) is 5.48. The topological polar surface area (TPSA) is 46.5 Å². The standard InChI is InChI=1S/C12H17N3OS2/c1-9-7-17-10(14-9)6-13-11-15-12(8-18-11)2-4-16-5-3-12/h7H,2-6,8H2,1H3,(H,13,15). The fourth-order valence-corrected chi connectivity index (χ4v) is 4.15. The van der Waals surface area contributed by atoms with E-state index in [2.05, 4.69) is 20.7 Å². The summed E-state index contributed by atoms with van der Waals surface area (Å²) in [7, 11) is 0. The summed E-state index contributed by atoms with van der Waals surface area (Å²) in [5.74, 6) is 1.12. The highest BCUT2D eigenvalue weighted by Gasteiger charge is 2.38. The molecule has 6 heteroatoms. The molecular formula is C12H17N3OS2. The molecule has 1 spiro atoms. The molecule has 0 amide bonds. The molecule has 0 radical (unpaired) electrons. The molecule has 1 aromatic heterocycles. The smallest absolute Gasteiger partial charge is 0.157 e. The minimum Gasteiger partial charge on any atom is -0.381 e. The number of thioether (sulfide) groups is 1. The monoisotopic (exact) mass is 283 g/mol. The third kappa shape index (κ3) is 2.70. The fourth-order valence-electron chi connectivity index (χ4n) is 2.24. The van der Waals surface area contributed by atoms with Crippen LogP contribution in [0.3, 0.4) is 0 Å². The van der Waals surface area contributed by atoms with E-state index in [4.69, 9.17) is 4.74 Å². The average molecular weight is 283 g/mol. The molecule has 0 aliphatic carbocycles. The van der Waals surface area contributed by atoms with E-state index in [0.29, 0.717) is 6.54 Å². The van der Waals surface area contributed by atoms with Crippen molar-refractivity contribution in [3.8, 4) is 0 Å². The Hall–Kier alpha value is -0.590. The van der Waals surface area contributed by atoms with E-state index < -0.39 is 0 Å². The Labute approximate surface area is 115 Å². The predicted molar refractivity (Wildman–Crippen MR) is 76.4 cm³/mol. The number of hydrogen-bond donors (Lipinski definition) is 1. The summed E-state index contributed by atoms with van der Waals surface area (Å²) >= 11 is 3.52. The lowest BCUT2D eigenvalue weighted by Gasteiger charge is -2.32. The van der Waals surface area contributed by atoms with Gasteiger partial charge in [0.15, 0.2) is 5.17 Å². The van der Waals surface area contributed by atoms with Gasteiger partial charge in [0.2, 0.25) is 0 Å². The molecule has 2 aliphatic heterocycles. The van der Waals surface area contributed by atoms with Gasteiger partial charge >= 0.3 is 0 Å². The number of aliphatic imine (C=N–C) groups is 1. The lowest BCUT2D eigenvalue weighted by atomic mass is 9.93. The van der Waals surface area contributed by atoms with Gasteiger partial charge in [-0.05, 0) is 19.8 Å². The number of hydrogen-bond acceptors (Lipinski definition) is 5. The van der Waals surface area contributed by atoms with E-state index in [9.17, 15) is 0 Å². The first kappa shape index (κ1) is 12.4. The summed E-state index contributed by atoms with van der Waals surface area (Å²) in [5.41, 5.74) is 1.32. The second kappa shape index (κ2) is 5.19. The first-order valence-electron chi connectivity index (χ1n) is 6.20. The molecule has 0 atom stereocenters. The van der Waals surface area contributed by atoms with Gasteiger partial charge in [-0.1, -0.05) is 11.8 Å². The number of nitrogens with zero attached hydrogens (tertiary/aromatic N) is 2. The molecule has 1 aromatic rings. The Bertz CT molecular complexity index is 452. The van der Waals surface area contributed by atoms with Crippen LogP contribution >= 0.6 is 23.1 Å². The molecule has 0 unspecified atom stereocenters. The van der Waals surface area contributed by atoms with Gasteiger partial charge in [0.1, 0.15) is 5.01 Å². The van der Waals surface area contributed by atoms with E-state index in [1.807, 2.05) is 18.7 Å². The van der Waals surface area contributed by atoms with Crippen LogP contribution in [0.2, 0.25) is 0 Å². The molecular weight excluding hydrogens is 266 g/mol. The van der Waals surface area contributed by atoms with Crippen LogP contribution in [0.15, 0.2) is 10.4 Å². The van der Waals surface area contributed by atoms with Crippen LogP contribution in [0.1, 0.15) is 23.5 Å². The van der Waals surface area contributed by atoms with Crippen molar-refractivity contribution in [2.45, 2.75) is 31.8 Å². The van der Waals surface area contributed by atoms with Crippen molar-refractivity contribution < 1.29 is 4.74 Å². The number of nitrogens with one attached hydrogen (secondary N) is 1. The number of aromatic nitrogens is 1. The quantitative estimate of drug-likeness (QED) is 0.904. The maximum atomic E-state index is 5.43. The number of ether oxygens (including phenoxy) is 1. The van der Waals surface area contributed by atoms with E-state index in [1.54, 1.807) is 11.3 Å². The van der Waals surface area contributed by atoms with E-state index in [0.717, 1.165) is 47.7 Å². The van der Waals surface area contributed by atoms with Crippen molar-refractivity contribution >= 4 is 28.3 Å². The molecule has 0 aromatic carbocycles. The minimum absolute atomic E-state index is 0.237. The van der Waals surface area contributed by atoms with Crippen LogP contribution < -0.4 is 5.32 Å². The summed E-state index contributed by atoms with van der Waals surface area (Å²) in [6.45, 7) is 4.45. The van der Waals surface area contributed by atoms with Crippen LogP contribution in [0.25, 0.3) is 0 Å². The first-order valence-corrected chi connectivity index (χ1v) is 8.07. The number of amidine groups is 1. The minimum atomic E-state index is 0.237. The van der Waals surface area contributed by atoms with Crippen molar-refractivity contribution in [1.29, 1.82) is 0 Å². The lowest BCUT2D eigenvalue weighted by molar-refractivity contribution is 0.0555. The van der Waals surface area contributed by atoms with Gasteiger partial charge in [-0.2, -0.15) is 0 Å². The zero-order chi connectivity index (χ0) is 12.4. The number of thiazole rings is 1. The number of aryl methyl sites for hydroxylation is 1. The second-order valence-corrected chi connectivity index (χ2v) is 6.72. The van der Waals surface area contributed by atoms with Crippen LogP contribution in [0, 0.1) is 6.92 Å². The van der Waals surface area contributed by atoms with E-state index >= 15 is 0 Å². The lowest BCUT2D eigenvalue weighted by Crippen LogP contribution is -2.48. The van der Waals surface area contributed by atoms with Crippen LogP contribution in [-0.2, 0) is 11.3 Å². The normalized spacial score (nSPS) is 24.6. The van der Waals surface area contributed by atoms with Gasteiger partial charge in [-0.15, -0.1) is 11.3 Å². The highest BCUT2D eigenvalue weighted by atomic mass is 32.2. The van der Waals surface area contributed by atoms with Crippen molar-refractivity contribution in [3.05, 3.63) is 16.1 Å². The SMILES string of the molecule is Cc1csc(CN=C2NC3(CCOCC3)CS2)n1. The second-order valence-electron chi connectivity index (χ2n) is 4.81. The highest BCUT2D eigenvalue weighted by molar-refractivity contribution is 8.14. The van der Waals surface area contributed by atoms with Crippen LogP contribution in [0.5, 0.6) is 0 Å². The zero-order valence-electron chi connectivity index (χ0n) is 10.4. The van der Waals surface area contributed by atoms with Gasteiger partial charge in [0.25, 0.3) is 0 Å². The van der Waals surface area contributed by atoms with Gasteiger partial charge in [-0.25, -0.2) is 4.98 Å². The Morgan fingerprint density at radius 1 is 1.50 bits per heavy atom. The van der Waals surface area contributed by atoms with Crippen LogP contribution in [0.4, 0.5) is 0 Å². The molecule has 4 nitrogen and oxygen atoms in total. The number of rotatable bonds is 2. The highest BCUT2D eigenvalue weighted by Crippen LogP contribution is 2.31. The van der Waals surface area contributed by atoms with Gasteiger partial charge in [0, 0.05) is 30.0 Å². The molecule has 0 bridgehead atoms. The Morgan fingerprint density at radius 3 is 3.06 bits per heavy atom. The van der Waals surface area contributed by atoms with Crippen molar-refractivity contribution in [2.75, 3.05) is 19.0 Å². The first-order chi connectivity index (χ1) is 8.76. The maximum absolute atomic E-state index is 5.43. The largest absolute Gasteiger partial charge is 0.381 e. The molecule has 1 N–H and O–H groups in total. The van der Waals surface area contributed by atoms with Crippen molar-refractivity contribution in [3.63, 3.8) is 0 Å². The Morgan fingerprint density at radius 2 is 2.33 bits per heavy atom. The molecule has 0 saturated carbocycles. The molecule has 2 aliphatic rings. The van der Waals surface area contributed by atoms with E-state index in [1.165, 1.54) is 0 Å². The van der Waals surface area contributed by atoms with Gasteiger partial charge < -0.3 is 10.1 Å². The van der Waals surface area contributed by atoms with Crippen molar-refractivity contribution in [2.24, 2.45) is 4.99 Å². The molecule has 18 heavy (non-hydrogen) atoms. The average Bonchev–Trinajstić information content (AvgIpc) is 2.96. The van der Waals surface area contributed by atoms with Crippen molar-refractivity contribution in [1.82, 2.24) is 10.3 Å². The molecule has 3 rings (SSSR count). The van der Waals surface area contributed by atoms with Gasteiger partial charge in [-0.3, -0.25) is 4.99 Å². The summed E-state index contributed by atoms with van der Waals surface area (Å²) in [4.78, 5) is 9.06. The van der Waals surface area contributed by atoms with Crippen LogP contribution in [-0.4, -0.2) is 34.7 Å². The zero-order valence-corrected chi connectivity index (χ0v) is 12.1. The molecule has 2 fully saturated rings. The fraction of sp³-hybridized carbons (Fsp3) is 0.667. The molecule has 2 saturated heterocycles.